The third kappa shape index (κ3) is 2.75. The summed E-state index contributed by atoms with van der Waals surface area (Å²) in [6, 6.07) is 4.14. The molecular weight excluding hydrogens is 278 g/mol. The van der Waals surface area contributed by atoms with Crippen LogP contribution in [-0.4, -0.2) is 34.0 Å². The fraction of sp³-hybridized carbons (Fsp3) is 0.471. The lowest BCUT2D eigenvalue weighted by atomic mass is 9.93. The lowest BCUT2D eigenvalue weighted by Gasteiger charge is -2.31. The Kier molecular flexibility index (Phi) is 3.96. The molecular formula is C17H21N3O2. The average molecular weight is 299 g/mol. The standard InChI is InChI=1S/C17H21N3O2/c1-11-17(12(2)22-19-11)14-6-7-16(18-9-14)15-5-4-8-20(10-15)13(3)21/h6-7,9,15H,4-5,8,10H2,1-3H3/t15-/m1/s1. The molecule has 1 amide bonds. The quantitative estimate of drug-likeness (QED) is 0.855. The number of likely N-dealkylation sites (tertiary alicyclic amines) is 1. The van der Waals surface area contributed by atoms with Gasteiger partial charge in [0.1, 0.15) is 5.76 Å². The van der Waals surface area contributed by atoms with E-state index in [1.165, 1.54) is 0 Å². The summed E-state index contributed by atoms with van der Waals surface area (Å²) in [5, 5.41) is 3.99. The summed E-state index contributed by atoms with van der Waals surface area (Å²) >= 11 is 0. The third-order valence-electron chi connectivity index (χ3n) is 4.39. The minimum absolute atomic E-state index is 0.150. The van der Waals surface area contributed by atoms with Crippen molar-refractivity contribution in [3.8, 4) is 11.1 Å². The molecule has 0 unspecified atom stereocenters. The lowest BCUT2D eigenvalue weighted by molar-refractivity contribution is -0.130. The van der Waals surface area contributed by atoms with E-state index in [0.717, 1.165) is 54.2 Å². The van der Waals surface area contributed by atoms with Gasteiger partial charge in [-0.25, -0.2) is 0 Å². The number of hydrogen-bond donors (Lipinski definition) is 0. The molecule has 0 aliphatic carbocycles. The van der Waals surface area contributed by atoms with Crippen LogP contribution >= 0.6 is 0 Å². The topological polar surface area (TPSA) is 59.2 Å². The van der Waals surface area contributed by atoms with Gasteiger partial charge in [0, 0.05) is 48.9 Å². The predicted molar refractivity (Wildman–Crippen MR) is 83.4 cm³/mol. The number of nitrogens with zero attached hydrogens (tertiary/aromatic N) is 3. The minimum Gasteiger partial charge on any atom is -0.361 e. The van der Waals surface area contributed by atoms with E-state index in [1.54, 1.807) is 6.92 Å². The molecule has 116 valence electrons. The molecule has 2 aromatic rings. The van der Waals surface area contributed by atoms with E-state index in [1.807, 2.05) is 24.9 Å². The van der Waals surface area contributed by atoms with Crippen LogP contribution in [-0.2, 0) is 4.79 Å². The first-order chi connectivity index (χ1) is 10.6. The van der Waals surface area contributed by atoms with Crippen LogP contribution in [0.25, 0.3) is 11.1 Å². The van der Waals surface area contributed by atoms with Crippen molar-refractivity contribution >= 4 is 5.91 Å². The molecule has 0 N–H and O–H groups in total. The number of carbonyl (C=O) groups is 1. The Balaban J connectivity index is 1.81. The zero-order valence-corrected chi connectivity index (χ0v) is 13.3. The van der Waals surface area contributed by atoms with Crippen LogP contribution in [0.4, 0.5) is 0 Å². The Morgan fingerprint density at radius 2 is 2.18 bits per heavy atom. The van der Waals surface area contributed by atoms with E-state index in [9.17, 15) is 4.79 Å². The molecule has 0 radical (unpaired) electrons. The van der Waals surface area contributed by atoms with Gasteiger partial charge in [-0.15, -0.1) is 0 Å². The van der Waals surface area contributed by atoms with Gasteiger partial charge in [-0.2, -0.15) is 0 Å². The summed E-state index contributed by atoms with van der Waals surface area (Å²) in [7, 11) is 0. The molecule has 1 atom stereocenters. The summed E-state index contributed by atoms with van der Waals surface area (Å²) < 4.78 is 5.21. The van der Waals surface area contributed by atoms with Gasteiger partial charge in [-0.05, 0) is 32.8 Å². The maximum Gasteiger partial charge on any atom is 0.219 e. The zero-order valence-electron chi connectivity index (χ0n) is 13.3. The Hall–Kier alpha value is -2.17. The molecule has 22 heavy (non-hydrogen) atoms. The second-order valence-corrected chi connectivity index (χ2v) is 5.98. The SMILES string of the molecule is CC(=O)N1CCC[C@@H](c2ccc(-c3c(C)noc3C)cn2)C1. The minimum atomic E-state index is 0.150. The molecule has 3 rings (SSSR count). The fourth-order valence-electron chi connectivity index (χ4n) is 3.19. The molecule has 0 bridgehead atoms. The average Bonchev–Trinajstić information content (AvgIpc) is 2.86. The number of aromatic nitrogens is 2. The van der Waals surface area contributed by atoms with Crippen molar-refractivity contribution in [2.24, 2.45) is 0 Å². The highest BCUT2D eigenvalue weighted by Crippen LogP contribution is 2.29. The van der Waals surface area contributed by atoms with Gasteiger partial charge in [0.2, 0.25) is 5.91 Å². The molecule has 5 nitrogen and oxygen atoms in total. The van der Waals surface area contributed by atoms with Crippen LogP contribution in [0.1, 0.15) is 42.8 Å². The highest BCUT2D eigenvalue weighted by atomic mass is 16.5. The first kappa shape index (κ1) is 14.8. The summed E-state index contributed by atoms with van der Waals surface area (Å²) in [6.07, 6.45) is 4.01. The monoisotopic (exact) mass is 299 g/mol. The van der Waals surface area contributed by atoms with Gasteiger partial charge >= 0.3 is 0 Å². The molecule has 5 heteroatoms. The van der Waals surface area contributed by atoms with Crippen LogP contribution in [0.3, 0.4) is 0 Å². The zero-order chi connectivity index (χ0) is 15.7. The molecule has 2 aromatic heterocycles. The van der Waals surface area contributed by atoms with Gasteiger partial charge in [-0.3, -0.25) is 9.78 Å². The number of carbonyl (C=O) groups excluding carboxylic acids is 1. The van der Waals surface area contributed by atoms with Crippen LogP contribution in [0.15, 0.2) is 22.9 Å². The van der Waals surface area contributed by atoms with Crippen molar-refractivity contribution in [1.29, 1.82) is 0 Å². The summed E-state index contributed by atoms with van der Waals surface area (Å²) in [5.41, 5.74) is 3.99. The number of pyridine rings is 1. The molecule has 1 saturated heterocycles. The highest BCUT2D eigenvalue weighted by molar-refractivity contribution is 5.73. The Labute approximate surface area is 130 Å². The van der Waals surface area contributed by atoms with E-state index in [4.69, 9.17) is 4.52 Å². The lowest BCUT2D eigenvalue weighted by Crippen LogP contribution is -2.37. The van der Waals surface area contributed by atoms with E-state index < -0.39 is 0 Å². The molecule has 3 heterocycles. The molecule has 1 aliphatic heterocycles. The van der Waals surface area contributed by atoms with E-state index in [-0.39, 0.29) is 5.91 Å². The second kappa shape index (κ2) is 5.91. The predicted octanol–water partition coefficient (Wildman–Crippen LogP) is 3.08. The Morgan fingerprint density at radius 3 is 2.77 bits per heavy atom. The van der Waals surface area contributed by atoms with Gasteiger partial charge < -0.3 is 9.42 Å². The third-order valence-corrected chi connectivity index (χ3v) is 4.39. The van der Waals surface area contributed by atoms with Crippen LogP contribution < -0.4 is 0 Å². The van der Waals surface area contributed by atoms with Crippen molar-refractivity contribution in [2.45, 2.75) is 39.5 Å². The maximum absolute atomic E-state index is 11.5. The number of rotatable bonds is 2. The molecule has 0 aromatic carbocycles. The maximum atomic E-state index is 11.5. The highest BCUT2D eigenvalue weighted by Gasteiger charge is 2.24. The van der Waals surface area contributed by atoms with Crippen LogP contribution in [0.5, 0.6) is 0 Å². The summed E-state index contributed by atoms with van der Waals surface area (Å²) in [4.78, 5) is 18.1. The largest absolute Gasteiger partial charge is 0.361 e. The van der Waals surface area contributed by atoms with Crippen molar-refractivity contribution in [1.82, 2.24) is 15.0 Å². The Bertz CT molecular complexity index is 656. The van der Waals surface area contributed by atoms with Crippen molar-refractivity contribution in [2.75, 3.05) is 13.1 Å². The molecule has 0 spiro atoms. The van der Waals surface area contributed by atoms with Crippen LogP contribution in [0.2, 0.25) is 0 Å². The molecule has 1 fully saturated rings. The van der Waals surface area contributed by atoms with E-state index in [2.05, 4.69) is 22.3 Å². The number of aryl methyl sites for hydroxylation is 2. The van der Waals surface area contributed by atoms with Crippen molar-refractivity contribution in [3.05, 3.63) is 35.5 Å². The number of piperidine rings is 1. The molecule has 0 saturated carbocycles. The van der Waals surface area contributed by atoms with Gasteiger partial charge in [0.15, 0.2) is 0 Å². The van der Waals surface area contributed by atoms with Gasteiger partial charge in [0.25, 0.3) is 0 Å². The molecule has 1 aliphatic rings. The van der Waals surface area contributed by atoms with Crippen molar-refractivity contribution < 1.29 is 9.32 Å². The summed E-state index contributed by atoms with van der Waals surface area (Å²) in [6.45, 7) is 7.12. The second-order valence-electron chi connectivity index (χ2n) is 5.98. The first-order valence-corrected chi connectivity index (χ1v) is 7.71. The Morgan fingerprint density at radius 1 is 1.36 bits per heavy atom. The van der Waals surface area contributed by atoms with E-state index >= 15 is 0 Å². The fourth-order valence-corrected chi connectivity index (χ4v) is 3.19. The van der Waals surface area contributed by atoms with E-state index in [0.29, 0.717) is 5.92 Å². The number of hydrogen-bond acceptors (Lipinski definition) is 4. The van der Waals surface area contributed by atoms with Gasteiger partial charge in [-0.1, -0.05) is 11.2 Å². The van der Waals surface area contributed by atoms with Crippen LogP contribution in [0, 0.1) is 13.8 Å². The smallest absolute Gasteiger partial charge is 0.219 e. The first-order valence-electron chi connectivity index (χ1n) is 7.71. The normalized spacial score (nSPS) is 18.5. The number of amides is 1. The summed E-state index contributed by atoms with van der Waals surface area (Å²) in [5.74, 6) is 1.29. The van der Waals surface area contributed by atoms with Crippen molar-refractivity contribution in [3.63, 3.8) is 0 Å². The van der Waals surface area contributed by atoms with Gasteiger partial charge in [0.05, 0.1) is 5.69 Å².